The smallest absolute Gasteiger partial charge is 0.311 e. The van der Waals surface area contributed by atoms with E-state index in [9.17, 15) is 9.18 Å². The lowest BCUT2D eigenvalue weighted by Crippen LogP contribution is -2.07. The monoisotopic (exact) mass is 399 g/mol. The van der Waals surface area contributed by atoms with Crippen LogP contribution in [0.4, 0.5) is 9.52 Å². The normalized spacial score (nSPS) is 10.9. The topological polar surface area (TPSA) is 63.6 Å². The number of ether oxygens (including phenoxy) is 1. The van der Waals surface area contributed by atoms with Crippen LogP contribution < -0.4 is 5.43 Å². The molecule has 0 aliphatic heterocycles. The number of alkyl halides is 1. The summed E-state index contributed by atoms with van der Waals surface area (Å²) in [5, 5.41) is 6.97. The van der Waals surface area contributed by atoms with Gasteiger partial charge in [0.15, 0.2) is 0 Å². The Hall–Kier alpha value is -1.80. The molecule has 0 spiro atoms. The molecule has 1 heterocycles. The molecule has 0 amide bonds. The number of hydrogen-bond acceptors (Lipinski definition) is 6. The van der Waals surface area contributed by atoms with E-state index in [1.807, 2.05) is 0 Å². The van der Waals surface area contributed by atoms with E-state index in [1.54, 1.807) is 24.6 Å². The maximum atomic E-state index is 13.2. The highest BCUT2D eigenvalue weighted by Gasteiger charge is 2.08. The first-order chi connectivity index (χ1) is 11.1. The summed E-state index contributed by atoms with van der Waals surface area (Å²) in [6.07, 6.45) is 1.74. The fourth-order valence-electron chi connectivity index (χ4n) is 1.77. The molecule has 1 N–H and O–H groups in total. The Balaban J connectivity index is 1.96. The van der Waals surface area contributed by atoms with Gasteiger partial charge in [0.1, 0.15) is 5.82 Å². The van der Waals surface area contributed by atoms with Crippen molar-refractivity contribution in [1.29, 1.82) is 0 Å². The summed E-state index contributed by atoms with van der Waals surface area (Å²) in [4.78, 5) is 15.6. The van der Waals surface area contributed by atoms with Crippen molar-refractivity contribution in [3.8, 4) is 0 Å². The zero-order valence-corrected chi connectivity index (χ0v) is 14.8. The molecular weight excluding hydrogens is 385 g/mol. The summed E-state index contributed by atoms with van der Waals surface area (Å²) in [6, 6.07) is 4.50. The maximum Gasteiger partial charge on any atom is 0.311 e. The first-order valence-electron chi connectivity index (χ1n) is 6.86. The molecule has 0 saturated heterocycles. The number of hydrazone groups is 1. The Morgan fingerprint density at radius 1 is 1.57 bits per heavy atom. The number of anilines is 1. The minimum absolute atomic E-state index is 0.140. The van der Waals surface area contributed by atoms with Crippen LogP contribution >= 0.6 is 27.3 Å². The predicted molar refractivity (Wildman–Crippen MR) is 92.7 cm³/mol. The number of nitrogens with one attached hydrogen (secondary N) is 1. The van der Waals surface area contributed by atoms with Crippen LogP contribution in [0.2, 0.25) is 0 Å². The molecule has 0 bridgehead atoms. The lowest BCUT2D eigenvalue weighted by Gasteiger charge is -2.01. The summed E-state index contributed by atoms with van der Waals surface area (Å²) in [7, 11) is 0. The van der Waals surface area contributed by atoms with Crippen LogP contribution in [0.25, 0.3) is 0 Å². The highest BCUT2D eigenvalue weighted by Crippen LogP contribution is 2.17. The Morgan fingerprint density at radius 2 is 2.39 bits per heavy atom. The molecule has 5 nitrogen and oxygen atoms in total. The zero-order chi connectivity index (χ0) is 16.7. The summed E-state index contributed by atoms with van der Waals surface area (Å²) in [5.41, 5.74) is 5.04. The number of hydrogen-bond donors (Lipinski definition) is 1. The summed E-state index contributed by atoms with van der Waals surface area (Å²) in [6.45, 7) is 2.11. The standard InChI is InChI=1S/C15H15BrFN3O2S/c1-2-22-14(21)6-13-9-23-15(19-13)20-18-8-10-3-4-12(17)5-11(10)7-16/h3-5,8-9H,2,6-7H2,1H3,(H,19,20). The third kappa shape index (κ3) is 5.40. The molecule has 0 saturated carbocycles. The highest BCUT2D eigenvalue weighted by atomic mass is 79.9. The van der Waals surface area contributed by atoms with Crippen LogP contribution in [-0.2, 0) is 21.3 Å². The molecular formula is C15H15BrFN3O2S. The van der Waals surface area contributed by atoms with E-state index >= 15 is 0 Å². The predicted octanol–water partition coefficient (Wildman–Crippen LogP) is 3.73. The zero-order valence-electron chi connectivity index (χ0n) is 12.4. The van der Waals surface area contributed by atoms with Crippen molar-refractivity contribution in [2.45, 2.75) is 18.7 Å². The fourth-order valence-corrected chi connectivity index (χ4v) is 2.92. The summed E-state index contributed by atoms with van der Waals surface area (Å²) in [5.74, 6) is -0.589. The van der Waals surface area contributed by atoms with Crippen molar-refractivity contribution in [2.24, 2.45) is 5.10 Å². The van der Waals surface area contributed by atoms with E-state index < -0.39 is 0 Å². The van der Waals surface area contributed by atoms with Gasteiger partial charge in [-0.1, -0.05) is 22.0 Å². The number of esters is 1. The lowest BCUT2D eigenvalue weighted by atomic mass is 10.1. The molecule has 0 atom stereocenters. The molecule has 0 radical (unpaired) electrons. The molecule has 1 aromatic carbocycles. The molecule has 122 valence electrons. The molecule has 2 rings (SSSR count). The van der Waals surface area contributed by atoms with Gasteiger partial charge in [-0.15, -0.1) is 11.3 Å². The van der Waals surface area contributed by atoms with Gasteiger partial charge in [0.2, 0.25) is 5.13 Å². The van der Waals surface area contributed by atoms with Gasteiger partial charge in [-0.2, -0.15) is 5.10 Å². The third-order valence-corrected chi connectivity index (χ3v) is 4.20. The van der Waals surface area contributed by atoms with E-state index in [0.717, 1.165) is 11.1 Å². The number of benzene rings is 1. The number of thiazole rings is 1. The second-order valence-corrected chi connectivity index (χ2v) is 5.89. The van der Waals surface area contributed by atoms with Crippen molar-refractivity contribution in [1.82, 2.24) is 4.98 Å². The van der Waals surface area contributed by atoms with Crippen LogP contribution in [0.15, 0.2) is 28.7 Å². The second kappa shape index (κ2) is 8.73. The van der Waals surface area contributed by atoms with Gasteiger partial charge in [-0.05, 0) is 30.2 Å². The first kappa shape index (κ1) is 17.6. The van der Waals surface area contributed by atoms with Gasteiger partial charge in [0, 0.05) is 10.7 Å². The second-order valence-electron chi connectivity index (χ2n) is 4.47. The van der Waals surface area contributed by atoms with E-state index in [0.29, 0.717) is 22.8 Å². The van der Waals surface area contributed by atoms with Gasteiger partial charge in [0.25, 0.3) is 0 Å². The van der Waals surface area contributed by atoms with Crippen LogP contribution in [-0.4, -0.2) is 23.8 Å². The average Bonchev–Trinajstić information content (AvgIpc) is 2.96. The first-order valence-corrected chi connectivity index (χ1v) is 8.86. The Kier molecular flexibility index (Phi) is 6.66. The molecule has 1 aromatic heterocycles. The Bertz CT molecular complexity index is 706. The van der Waals surface area contributed by atoms with Crippen molar-refractivity contribution >= 4 is 44.6 Å². The third-order valence-electron chi connectivity index (χ3n) is 2.80. The van der Waals surface area contributed by atoms with Crippen molar-refractivity contribution in [3.05, 3.63) is 46.2 Å². The van der Waals surface area contributed by atoms with E-state index in [1.165, 1.54) is 23.5 Å². The van der Waals surface area contributed by atoms with Gasteiger partial charge >= 0.3 is 5.97 Å². The van der Waals surface area contributed by atoms with Crippen molar-refractivity contribution in [3.63, 3.8) is 0 Å². The molecule has 2 aromatic rings. The van der Waals surface area contributed by atoms with Crippen LogP contribution in [0.1, 0.15) is 23.7 Å². The lowest BCUT2D eigenvalue weighted by molar-refractivity contribution is -0.142. The largest absolute Gasteiger partial charge is 0.466 e. The summed E-state index contributed by atoms with van der Waals surface area (Å²) < 4.78 is 18.0. The minimum Gasteiger partial charge on any atom is -0.466 e. The van der Waals surface area contributed by atoms with Gasteiger partial charge < -0.3 is 4.74 Å². The Labute approximate surface area is 145 Å². The molecule has 0 fully saturated rings. The highest BCUT2D eigenvalue weighted by molar-refractivity contribution is 9.08. The molecule has 23 heavy (non-hydrogen) atoms. The summed E-state index contributed by atoms with van der Waals surface area (Å²) >= 11 is 4.66. The number of carbonyl (C=O) groups excluding carboxylic acids is 1. The van der Waals surface area contributed by atoms with Crippen molar-refractivity contribution in [2.75, 3.05) is 12.0 Å². The number of nitrogens with zero attached hydrogens (tertiary/aromatic N) is 2. The van der Waals surface area contributed by atoms with Crippen molar-refractivity contribution < 1.29 is 13.9 Å². The SMILES string of the molecule is CCOC(=O)Cc1csc(NN=Cc2ccc(F)cc2CBr)n1. The molecule has 0 aliphatic carbocycles. The van der Waals surface area contributed by atoms with Gasteiger partial charge in [-0.3, -0.25) is 10.2 Å². The maximum absolute atomic E-state index is 13.2. The van der Waals surface area contributed by atoms with E-state index in [4.69, 9.17) is 4.74 Å². The fraction of sp³-hybridized carbons (Fsp3) is 0.267. The van der Waals surface area contributed by atoms with E-state index in [2.05, 4.69) is 31.4 Å². The molecule has 0 unspecified atom stereocenters. The number of rotatable bonds is 7. The van der Waals surface area contributed by atoms with Crippen LogP contribution in [0, 0.1) is 5.82 Å². The van der Waals surface area contributed by atoms with Crippen LogP contribution in [0.5, 0.6) is 0 Å². The van der Waals surface area contributed by atoms with Gasteiger partial charge in [-0.25, -0.2) is 9.37 Å². The molecule has 0 aliphatic rings. The van der Waals surface area contributed by atoms with Gasteiger partial charge in [0.05, 0.1) is 24.9 Å². The Morgan fingerprint density at radius 3 is 3.13 bits per heavy atom. The quantitative estimate of drug-likeness (QED) is 0.333. The number of aromatic nitrogens is 1. The minimum atomic E-state index is -0.305. The number of carbonyl (C=O) groups is 1. The average molecular weight is 400 g/mol. The molecule has 8 heteroatoms. The van der Waals surface area contributed by atoms with Crippen LogP contribution in [0.3, 0.4) is 0 Å². The van der Waals surface area contributed by atoms with E-state index in [-0.39, 0.29) is 18.2 Å². The number of halogens is 2.